The van der Waals surface area contributed by atoms with Gasteiger partial charge >= 0.3 is 6.61 Å². The monoisotopic (exact) mass is 536 g/mol. The van der Waals surface area contributed by atoms with Crippen molar-refractivity contribution in [1.29, 1.82) is 0 Å². The Morgan fingerprint density at radius 1 is 1.24 bits per heavy atom. The molecule has 3 rings (SSSR count). The number of hydrogen-bond acceptors (Lipinski definition) is 9. The first-order valence-corrected chi connectivity index (χ1v) is 12.1. The summed E-state index contributed by atoms with van der Waals surface area (Å²) in [5, 5.41) is 2.54. The van der Waals surface area contributed by atoms with Crippen LogP contribution in [-0.2, 0) is 10.3 Å². The van der Waals surface area contributed by atoms with Crippen LogP contribution in [0.25, 0.3) is 0 Å². The molecule has 0 aliphatic carbocycles. The second-order valence-corrected chi connectivity index (χ2v) is 11.4. The van der Waals surface area contributed by atoms with Gasteiger partial charge in [0.15, 0.2) is 0 Å². The molecule has 0 saturated carbocycles. The Balaban J connectivity index is 1.95. The Morgan fingerprint density at radius 3 is 2.59 bits per heavy atom. The molecule has 0 aromatic carbocycles. The number of isocyanates is 1. The fraction of sp³-hybridized carbons (Fsp3) is 0.458. The van der Waals surface area contributed by atoms with Gasteiger partial charge in [-0.15, -0.1) is 11.8 Å². The molecule has 2 aromatic rings. The standard InChI is InChI=1S/C24H27F3N6O3S/c1-22(2)20(28)33-24(4,23(3,37-22)10-5-11-29-13-34)18-15(25)7-9-17(31-18)32-19(35)16-8-6-14(12-30-16)36-21(26)27/h6-9,12,21H,5,10-11H2,1-4H3,(H2,28,33)(H,31,32,35)/t23-,24-/m1/s1. The Morgan fingerprint density at radius 2 is 1.97 bits per heavy atom. The second-order valence-electron chi connectivity index (χ2n) is 9.23. The number of amides is 1. The minimum absolute atomic E-state index is 0.0220. The second kappa shape index (κ2) is 10.9. The Labute approximate surface area is 216 Å². The van der Waals surface area contributed by atoms with Crippen molar-refractivity contribution in [2.24, 2.45) is 15.7 Å². The third-order valence-electron chi connectivity index (χ3n) is 6.20. The first-order chi connectivity index (χ1) is 17.3. The lowest BCUT2D eigenvalue weighted by molar-refractivity contribution is -0.0500. The molecule has 3 N–H and O–H groups in total. The number of hydrogen-bond donors (Lipinski definition) is 2. The molecule has 1 aliphatic rings. The maximum absolute atomic E-state index is 15.3. The van der Waals surface area contributed by atoms with E-state index < -0.39 is 33.4 Å². The summed E-state index contributed by atoms with van der Waals surface area (Å²) in [6.45, 7) is 4.74. The van der Waals surface area contributed by atoms with Crippen LogP contribution in [-0.4, -0.2) is 50.4 Å². The number of pyridine rings is 2. The number of carbonyl (C=O) groups excluding carboxylic acids is 2. The summed E-state index contributed by atoms with van der Waals surface area (Å²) in [4.78, 5) is 39.7. The number of aliphatic imine (C=N–C) groups is 2. The zero-order valence-corrected chi connectivity index (χ0v) is 21.5. The van der Waals surface area contributed by atoms with Crippen molar-refractivity contribution < 1.29 is 27.5 Å². The lowest BCUT2D eigenvalue weighted by Gasteiger charge is -2.51. The molecule has 13 heteroatoms. The van der Waals surface area contributed by atoms with Crippen LogP contribution >= 0.6 is 11.8 Å². The predicted octanol–water partition coefficient (Wildman–Crippen LogP) is 4.44. The molecule has 0 bridgehead atoms. The number of rotatable bonds is 9. The maximum atomic E-state index is 15.3. The molecule has 0 radical (unpaired) electrons. The van der Waals surface area contributed by atoms with Crippen molar-refractivity contribution in [3.8, 4) is 5.75 Å². The fourth-order valence-corrected chi connectivity index (χ4v) is 5.93. The predicted molar refractivity (Wildman–Crippen MR) is 134 cm³/mol. The summed E-state index contributed by atoms with van der Waals surface area (Å²) in [6, 6.07) is 4.85. The number of aromatic nitrogens is 2. The summed E-state index contributed by atoms with van der Waals surface area (Å²) < 4.78 is 42.9. The van der Waals surface area contributed by atoms with E-state index in [0.29, 0.717) is 18.7 Å². The van der Waals surface area contributed by atoms with E-state index in [1.807, 2.05) is 20.8 Å². The van der Waals surface area contributed by atoms with Crippen LogP contribution in [0.1, 0.15) is 56.7 Å². The van der Waals surface area contributed by atoms with Crippen molar-refractivity contribution >= 4 is 35.4 Å². The number of alkyl halides is 2. The smallest absolute Gasteiger partial charge is 0.387 e. The molecule has 3 heterocycles. The highest BCUT2D eigenvalue weighted by atomic mass is 32.2. The van der Waals surface area contributed by atoms with Crippen LogP contribution in [0.4, 0.5) is 19.0 Å². The lowest BCUT2D eigenvalue weighted by Crippen LogP contribution is -2.55. The molecule has 0 spiro atoms. The number of nitrogens with one attached hydrogen (secondary N) is 1. The number of thioether (sulfide) groups is 1. The number of nitrogens with two attached hydrogens (primary N) is 1. The van der Waals surface area contributed by atoms with E-state index in [2.05, 4.69) is 25.0 Å². The zero-order valence-electron chi connectivity index (χ0n) is 20.7. The fourth-order valence-electron chi connectivity index (χ4n) is 4.07. The quantitative estimate of drug-likeness (QED) is 0.275. The number of ether oxygens (including phenoxy) is 1. The first-order valence-electron chi connectivity index (χ1n) is 11.3. The van der Waals surface area contributed by atoms with E-state index in [9.17, 15) is 18.4 Å². The molecular formula is C24H27F3N6O3S. The topological polar surface area (TPSA) is 132 Å². The van der Waals surface area contributed by atoms with Gasteiger partial charge in [0, 0.05) is 4.75 Å². The van der Waals surface area contributed by atoms with E-state index in [4.69, 9.17) is 10.7 Å². The van der Waals surface area contributed by atoms with Crippen LogP contribution in [0, 0.1) is 5.82 Å². The Kier molecular flexibility index (Phi) is 8.28. The van der Waals surface area contributed by atoms with Gasteiger partial charge in [-0.1, -0.05) is 0 Å². The number of carbonyl (C=O) groups is 1. The summed E-state index contributed by atoms with van der Waals surface area (Å²) in [6.07, 6.45) is 3.54. The SMILES string of the molecule is CC1(C)S[C@](C)(CCCN=C=O)[C@@](C)(c2nc(NC(=O)c3ccc(OC(F)F)cn3)ccc2F)N=C1N. The van der Waals surface area contributed by atoms with Gasteiger partial charge in [0.2, 0.25) is 6.08 Å². The molecule has 0 fully saturated rings. The van der Waals surface area contributed by atoms with Crippen LogP contribution in [0.5, 0.6) is 5.75 Å². The molecular weight excluding hydrogens is 509 g/mol. The molecule has 1 amide bonds. The average Bonchev–Trinajstić information content (AvgIpc) is 2.82. The third kappa shape index (κ3) is 6.11. The molecule has 2 atom stereocenters. The number of nitrogens with zero attached hydrogens (tertiary/aromatic N) is 4. The van der Waals surface area contributed by atoms with Gasteiger partial charge in [0.1, 0.15) is 40.1 Å². The molecule has 1 aliphatic heterocycles. The van der Waals surface area contributed by atoms with Crippen LogP contribution in [0.3, 0.4) is 0 Å². The van der Waals surface area contributed by atoms with Crippen molar-refractivity contribution in [3.05, 3.63) is 47.7 Å². The van der Waals surface area contributed by atoms with E-state index in [1.165, 1.54) is 42.1 Å². The van der Waals surface area contributed by atoms with Crippen molar-refractivity contribution in [3.63, 3.8) is 0 Å². The molecule has 0 unspecified atom stereocenters. The van der Waals surface area contributed by atoms with E-state index >= 15 is 4.39 Å². The largest absolute Gasteiger partial charge is 0.433 e. The van der Waals surface area contributed by atoms with Gasteiger partial charge in [-0.25, -0.2) is 24.1 Å². The van der Waals surface area contributed by atoms with Crippen LogP contribution in [0.15, 0.2) is 40.4 Å². The van der Waals surface area contributed by atoms with Crippen molar-refractivity contribution in [2.45, 2.75) is 62.2 Å². The molecule has 0 saturated heterocycles. The highest BCUT2D eigenvalue weighted by molar-refractivity contribution is 8.02. The molecule has 2 aromatic heterocycles. The summed E-state index contributed by atoms with van der Waals surface area (Å²) in [5.74, 6) is -1.17. The summed E-state index contributed by atoms with van der Waals surface area (Å²) in [7, 11) is 0. The van der Waals surface area contributed by atoms with E-state index in [1.54, 1.807) is 6.92 Å². The number of amidine groups is 1. The lowest BCUT2D eigenvalue weighted by atomic mass is 9.79. The highest BCUT2D eigenvalue weighted by Crippen LogP contribution is 2.56. The van der Waals surface area contributed by atoms with Crippen LogP contribution < -0.4 is 15.8 Å². The van der Waals surface area contributed by atoms with Gasteiger partial charge in [0.25, 0.3) is 5.91 Å². The molecule has 198 valence electrons. The van der Waals surface area contributed by atoms with Crippen LogP contribution in [0.2, 0.25) is 0 Å². The van der Waals surface area contributed by atoms with Gasteiger partial charge in [-0.05, 0) is 64.8 Å². The molecule has 37 heavy (non-hydrogen) atoms. The highest BCUT2D eigenvalue weighted by Gasteiger charge is 2.55. The minimum Gasteiger partial charge on any atom is -0.433 e. The summed E-state index contributed by atoms with van der Waals surface area (Å²) >= 11 is 1.52. The van der Waals surface area contributed by atoms with Gasteiger partial charge in [-0.2, -0.15) is 8.78 Å². The average molecular weight is 537 g/mol. The Bertz CT molecular complexity index is 1240. The first kappa shape index (κ1) is 28.1. The number of halogens is 3. The third-order valence-corrected chi connectivity index (χ3v) is 7.97. The van der Waals surface area contributed by atoms with Gasteiger partial charge < -0.3 is 15.8 Å². The van der Waals surface area contributed by atoms with Crippen molar-refractivity contribution in [2.75, 3.05) is 11.9 Å². The van der Waals surface area contributed by atoms with Crippen molar-refractivity contribution in [1.82, 2.24) is 9.97 Å². The van der Waals surface area contributed by atoms with E-state index in [0.717, 1.165) is 6.20 Å². The normalized spacial score (nSPS) is 22.6. The minimum atomic E-state index is -3.02. The Hall–Kier alpha value is -3.44. The van der Waals surface area contributed by atoms with Gasteiger partial charge in [0.05, 0.1) is 17.5 Å². The summed E-state index contributed by atoms with van der Waals surface area (Å²) in [5.41, 5.74) is 4.94. The van der Waals surface area contributed by atoms with E-state index in [-0.39, 0.29) is 29.5 Å². The van der Waals surface area contributed by atoms with Gasteiger partial charge in [-0.3, -0.25) is 9.79 Å². The number of anilines is 1. The maximum Gasteiger partial charge on any atom is 0.387 e. The molecule has 9 nitrogen and oxygen atoms in total. The zero-order chi connectivity index (χ0) is 27.4.